The lowest BCUT2D eigenvalue weighted by Gasteiger charge is -2.42. The van der Waals surface area contributed by atoms with Crippen molar-refractivity contribution >= 4 is 28.4 Å². The summed E-state index contributed by atoms with van der Waals surface area (Å²) in [5.41, 5.74) is 9.63. The van der Waals surface area contributed by atoms with Gasteiger partial charge in [-0.2, -0.15) is 10.2 Å². The molecule has 5 heterocycles. The van der Waals surface area contributed by atoms with E-state index in [4.69, 9.17) is 25.2 Å². The smallest absolute Gasteiger partial charge is 0.227 e. The zero-order valence-corrected chi connectivity index (χ0v) is 23.9. The second-order valence-corrected chi connectivity index (χ2v) is 11.4. The van der Waals surface area contributed by atoms with Gasteiger partial charge in [0.25, 0.3) is 0 Å². The minimum absolute atomic E-state index is 0.0402. The number of nitrogens with zero attached hydrogens (tertiary/aromatic N) is 8. The Balaban J connectivity index is 1.10. The molecule has 0 saturated carbocycles. The Hall–Kier alpha value is -3.56. The van der Waals surface area contributed by atoms with Crippen molar-refractivity contribution in [3.63, 3.8) is 0 Å². The lowest BCUT2D eigenvalue weighted by molar-refractivity contribution is -0.0327. The quantitative estimate of drug-likeness (QED) is 0.494. The first kappa shape index (κ1) is 27.6. The Bertz CT molecular complexity index is 1400. The maximum atomic E-state index is 9.55. The van der Waals surface area contributed by atoms with Crippen LogP contribution in [0.15, 0.2) is 36.5 Å². The predicted molar refractivity (Wildman–Crippen MR) is 159 cm³/mol. The van der Waals surface area contributed by atoms with Crippen molar-refractivity contribution in [2.24, 2.45) is 5.73 Å². The second-order valence-electron chi connectivity index (χ2n) is 11.4. The molecule has 3 aliphatic rings. The Morgan fingerprint density at radius 3 is 2.71 bits per heavy atom. The summed E-state index contributed by atoms with van der Waals surface area (Å²) in [6, 6.07) is 12.2. The van der Waals surface area contributed by atoms with Crippen LogP contribution in [0.4, 0.5) is 17.5 Å². The standard InChI is InChI=1S/C30H39N9O2/c1-21-14-28(35-30(34-21)38-12-13-40-20-24(32)17-38)37-10-8-36(9-11-37)18-25-19-39(16-22(2)41-25)27-6-5-23(15-31)29-26(27)4-3-7-33-29/h3-7,14,22,24-25H,8-13,16-20,32H2,1-2H3/t22-,24?,25+/m1/s1. The highest BCUT2D eigenvalue weighted by Gasteiger charge is 2.30. The molecule has 3 atom stereocenters. The van der Waals surface area contributed by atoms with Crippen molar-refractivity contribution in [1.82, 2.24) is 19.9 Å². The molecule has 0 spiro atoms. The fourth-order valence-corrected chi connectivity index (χ4v) is 6.17. The van der Waals surface area contributed by atoms with E-state index in [1.54, 1.807) is 6.20 Å². The number of fused-ring (bicyclic) bond motifs is 1. The molecule has 6 rings (SSSR count). The summed E-state index contributed by atoms with van der Waals surface area (Å²) in [4.78, 5) is 23.5. The number of benzene rings is 1. The number of morpholine rings is 1. The SMILES string of the molecule is Cc1cc(N2CCN(C[C@H]3CN(c4ccc(C#N)c5ncccc45)C[C@@H](C)O3)CC2)nc(N2CCOCC(N)C2)n1. The van der Waals surface area contributed by atoms with Crippen LogP contribution in [0, 0.1) is 18.3 Å². The van der Waals surface area contributed by atoms with Crippen LogP contribution in [0.2, 0.25) is 0 Å². The third-order valence-corrected chi connectivity index (χ3v) is 8.10. The first-order valence-electron chi connectivity index (χ1n) is 14.6. The van der Waals surface area contributed by atoms with Gasteiger partial charge in [0.1, 0.15) is 11.9 Å². The normalized spacial score (nSPS) is 24.3. The number of aromatic nitrogens is 3. The first-order valence-corrected chi connectivity index (χ1v) is 14.6. The van der Waals surface area contributed by atoms with E-state index in [2.05, 4.69) is 55.8 Å². The average molecular weight is 558 g/mol. The average Bonchev–Trinajstić information content (AvgIpc) is 3.20. The van der Waals surface area contributed by atoms with Gasteiger partial charge in [0.2, 0.25) is 5.95 Å². The summed E-state index contributed by atoms with van der Waals surface area (Å²) in [5, 5.41) is 10.6. The van der Waals surface area contributed by atoms with Crippen LogP contribution in [0.5, 0.6) is 0 Å². The van der Waals surface area contributed by atoms with Gasteiger partial charge in [0.05, 0.1) is 36.5 Å². The van der Waals surface area contributed by atoms with Crippen molar-refractivity contribution in [2.45, 2.75) is 32.1 Å². The van der Waals surface area contributed by atoms with Gasteiger partial charge in [-0.05, 0) is 38.1 Å². The number of aryl methyl sites for hydroxylation is 1. The highest BCUT2D eigenvalue weighted by atomic mass is 16.5. The molecule has 0 radical (unpaired) electrons. The number of hydrogen-bond acceptors (Lipinski definition) is 11. The van der Waals surface area contributed by atoms with Gasteiger partial charge < -0.3 is 29.9 Å². The molecule has 3 aromatic rings. The van der Waals surface area contributed by atoms with E-state index in [-0.39, 0.29) is 18.2 Å². The third-order valence-electron chi connectivity index (χ3n) is 8.10. The fraction of sp³-hybridized carbons (Fsp3) is 0.533. The van der Waals surface area contributed by atoms with Gasteiger partial charge in [0.15, 0.2) is 0 Å². The number of anilines is 3. The molecule has 216 valence electrons. The molecule has 0 aliphatic carbocycles. The Morgan fingerprint density at radius 1 is 1.02 bits per heavy atom. The van der Waals surface area contributed by atoms with Crippen molar-refractivity contribution in [1.29, 1.82) is 5.26 Å². The maximum absolute atomic E-state index is 9.55. The van der Waals surface area contributed by atoms with E-state index < -0.39 is 0 Å². The summed E-state index contributed by atoms with van der Waals surface area (Å²) in [5.74, 6) is 1.71. The molecule has 11 heteroatoms. The zero-order chi connectivity index (χ0) is 28.3. The van der Waals surface area contributed by atoms with Gasteiger partial charge in [0, 0.05) is 94.0 Å². The van der Waals surface area contributed by atoms with Crippen LogP contribution < -0.4 is 20.4 Å². The zero-order valence-electron chi connectivity index (χ0n) is 23.9. The van der Waals surface area contributed by atoms with Crippen LogP contribution in [-0.2, 0) is 9.47 Å². The molecular formula is C30H39N9O2. The van der Waals surface area contributed by atoms with Gasteiger partial charge in [-0.15, -0.1) is 0 Å². The van der Waals surface area contributed by atoms with Gasteiger partial charge in [-0.25, -0.2) is 4.98 Å². The fourth-order valence-electron chi connectivity index (χ4n) is 6.17. The van der Waals surface area contributed by atoms with Crippen molar-refractivity contribution < 1.29 is 9.47 Å². The van der Waals surface area contributed by atoms with E-state index in [0.717, 1.165) is 86.4 Å². The monoisotopic (exact) mass is 557 g/mol. The summed E-state index contributed by atoms with van der Waals surface area (Å²) in [6.07, 6.45) is 1.95. The highest BCUT2D eigenvalue weighted by Crippen LogP contribution is 2.30. The van der Waals surface area contributed by atoms with Gasteiger partial charge in [-0.1, -0.05) is 0 Å². The number of hydrogen-bond donors (Lipinski definition) is 1. The minimum atomic E-state index is -0.0402. The maximum Gasteiger partial charge on any atom is 0.227 e. The van der Waals surface area contributed by atoms with Crippen LogP contribution >= 0.6 is 0 Å². The van der Waals surface area contributed by atoms with E-state index in [1.807, 2.05) is 19.1 Å². The lowest BCUT2D eigenvalue weighted by atomic mass is 10.1. The Kier molecular flexibility index (Phi) is 8.16. The molecule has 1 unspecified atom stereocenters. The molecule has 3 fully saturated rings. The second kappa shape index (κ2) is 12.1. The molecule has 11 nitrogen and oxygen atoms in total. The van der Waals surface area contributed by atoms with Crippen molar-refractivity contribution in [3.05, 3.63) is 47.8 Å². The molecule has 2 N–H and O–H groups in total. The summed E-state index contributed by atoms with van der Waals surface area (Å²) >= 11 is 0. The molecule has 41 heavy (non-hydrogen) atoms. The Morgan fingerprint density at radius 2 is 1.88 bits per heavy atom. The van der Waals surface area contributed by atoms with Crippen molar-refractivity contribution in [3.8, 4) is 6.07 Å². The first-order chi connectivity index (χ1) is 20.0. The number of rotatable bonds is 5. The van der Waals surface area contributed by atoms with E-state index in [0.29, 0.717) is 25.3 Å². The topological polar surface area (TPSA) is 120 Å². The highest BCUT2D eigenvalue weighted by molar-refractivity contribution is 5.95. The number of nitrogens with two attached hydrogens (primary N) is 1. The number of piperazine rings is 1. The van der Waals surface area contributed by atoms with Crippen LogP contribution in [-0.4, -0.2) is 110 Å². The number of ether oxygens (including phenoxy) is 2. The van der Waals surface area contributed by atoms with Crippen LogP contribution in [0.3, 0.4) is 0 Å². The molecular weight excluding hydrogens is 518 g/mol. The number of nitriles is 1. The molecule has 0 amide bonds. The number of pyridine rings is 1. The Labute approximate surface area is 241 Å². The van der Waals surface area contributed by atoms with Crippen LogP contribution in [0.1, 0.15) is 18.2 Å². The lowest BCUT2D eigenvalue weighted by Crippen LogP contribution is -2.54. The summed E-state index contributed by atoms with van der Waals surface area (Å²) < 4.78 is 12.0. The molecule has 3 saturated heterocycles. The summed E-state index contributed by atoms with van der Waals surface area (Å²) in [7, 11) is 0. The van der Waals surface area contributed by atoms with E-state index in [1.165, 1.54) is 0 Å². The molecule has 0 bridgehead atoms. The van der Waals surface area contributed by atoms with E-state index in [9.17, 15) is 5.26 Å². The van der Waals surface area contributed by atoms with Crippen molar-refractivity contribution in [2.75, 3.05) is 86.8 Å². The minimum Gasteiger partial charge on any atom is -0.378 e. The predicted octanol–water partition coefficient (Wildman–Crippen LogP) is 1.78. The largest absolute Gasteiger partial charge is 0.378 e. The summed E-state index contributed by atoms with van der Waals surface area (Å²) in [6.45, 7) is 13.0. The van der Waals surface area contributed by atoms with Crippen LogP contribution in [0.25, 0.3) is 10.9 Å². The molecule has 2 aromatic heterocycles. The van der Waals surface area contributed by atoms with Gasteiger partial charge in [-0.3, -0.25) is 9.88 Å². The van der Waals surface area contributed by atoms with Gasteiger partial charge >= 0.3 is 0 Å². The molecule has 1 aromatic carbocycles. The third kappa shape index (κ3) is 6.21. The van der Waals surface area contributed by atoms with E-state index >= 15 is 0 Å². The molecule has 3 aliphatic heterocycles.